The maximum atomic E-state index is 13.1. The maximum absolute atomic E-state index is 13.1. The molecule has 146 valence electrons. The van der Waals surface area contributed by atoms with Crippen LogP contribution in [0.4, 0.5) is 10.1 Å². The lowest BCUT2D eigenvalue weighted by molar-refractivity contribution is 0.627. The summed E-state index contributed by atoms with van der Waals surface area (Å²) in [6.45, 7) is 0. The molecule has 5 nitrogen and oxygen atoms in total. The molecule has 6 heteroatoms. The van der Waals surface area contributed by atoms with Gasteiger partial charge in [-0.15, -0.1) is 0 Å². The summed E-state index contributed by atoms with van der Waals surface area (Å²) in [4.78, 5) is 0. The molecule has 0 radical (unpaired) electrons. The number of hydrogen-bond donors (Lipinski definition) is 1. The van der Waals surface area contributed by atoms with Crippen molar-refractivity contribution in [2.24, 2.45) is 5.10 Å². The van der Waals surface area contributed by atoms with Crippen molar-refractivity contribution in [2.45, 2.75) is 0 Å². The Morgan fingerprint density at radius 2 is 1.70 bits per heavy atom. The molecule has 5 aromatic rings. The minimum atomic E-state index is -0.291. The monoisotopic (exact) mass is 396 g/mol. The number of rotatable bonds is 5. The third-order valence-electron chi connectivity index (χ3n) is 4.66. The van der Waals surface area contributed by atoms with Crippen LogP contribution in [-0.4, -0.2) is 16.0 Å². The number of aromatic nitrogens is 2. The third-order valence-corrected chi connectivity index (χ3v) is 4.66. The average molecular weight is 396 g/mol. The zero-order valence-electron chi connectivity index (χ0n) is 15.9. The van der Waals surface area contributed by atoms with E-state index in [4.69, 9.17) is 9.52 Å². The molecule has 0 aliphatic rings. The molecule has 0 fully saturated rings. The van der Waals surface area contributed by atoms with Crippen molar-refractivity contribution in [1.82, 2.24) is 9.78 Å². The van der Waals surface area contributed by atoms with E-state index in [0.29, 0.717) is 17.1 Å². The van der Waals surface area contributed by atoms with Crippen LogP contribution in [0.5, 0.6) is 0 Å². The quantitative estimate of drug-likeness (QED) is 0.299. The van der Waals surface area contributed by atoms with Crippen LogP contribution < -0.4 is 5.43 Å². The fourth-order valence-electron chi connectivity index (χ4n) is 3.19. The zero-order chi connectivity index (χ0) is 20.3. The van der Waals surface area contributed by atoms with Crippen LogP contribution in [0.3, 0.4) is 0 Å². The normalized spacial score (nSPS) is 11.4. The number of furan rings is 1. The number of nitrogens with one attached hydrogen (secondary N) is 1. The molecule has 0 aliphatic heterocycles. The standard InChI is InChI=1S/C24H17FN4O/c25-19-10-12-20(13-11-19)27-26-15-18-16-29(21-7-2-1-3-8-21)28-24(18)23-14-17-6-4-5-9-22(17)30-23/h1-16,27H/b26-15-. The molecule has 0 saturated carbocycles. The Morgan fingerprint density at radius 1 is 0.933 bits per heavy atom. The Morgan fingerprint density at radius 3 is 2.50 bits per heavy atom. The van der Waals surface area contributed by atoms with Crippen LogP contribution in [0.25, 0.3) is 28.1 Å². The van der Waals surface area contributed by atoms with Gasteiger partial charge in [0.2, 0.25) is 0 Å². The van der Waals surface area contributed by atoms with Crippen molar-refractivity contribution in [1.29, 1.82) is 0 Å². The van der Waals surface area contributed by atoms with Crippen molar-refractivity contribution in [3.05, 3.63) is 103 Å². The average Bonchev–Trinajstić information content (AvgIpc) is 3.40. The van der Waals surface area contributed by atoms with Gasteiger partial charge in [0.25, 0.3) is 0 Å². The number of benzene rings is 3. The lowest BCUT2D eigenvalue weighted by Gasteiger charge is -1.99. The van der Waals surface area contributed by atoms with E-state index < -0.39 is 0 Å². The molecule has 0 spiro atoms. The number of hydrogen-bond acceptors (Lipinski definition) is 4. The Kier molecular flexibility index (Phi) is 4.57. The number of fused-ring (bicyclic) bond motifs is 1. The predicted molar refractivity (Wildman–Crippen MR) is 116 cm³/mol. The predicted octanol–water partition coefficient (Wildman–Crippen LogP) is 5.87. The van der Waals surface area contributed by atoms with Gasteiger partial charge in [0, 0.05) is 17.1 Å². The van der Waals surface area contributed by atoms with E-state index in [9.17, 15) is 4.39 Å². The molecule has 2 aromatic heterocycles. The number of nitrogens with zero attached hydrogens (tertiary/aromatic N) is 3. The molecule has 0 bridgehead atoms. The van der Waals surface area contributed by atoms with E-state index in [1.165, 1.54) is 12.1 Å². The molecule has 0 unspecified atom stereocenters. The number of halogens is 1. The van der Waals surface area contributed by atoms with Gasteiger partial charge in [0.05, 0.1) is 17.6 Å². The summed E-state index contributed by atoms with van der Waals surface area (Å²) < 4.78 is 20.9. The van der Waals surface area contributed by atoms with E-state index in [1.54, 1.807) is 23.0 Å². The molecular formula is C24H17FN4O. The highest BCUT2D eigenvalue weighted by Gasteiger charge is 2.15. The fourth-order valence-corrected chi connectivity index (χ4v) is 3.19. The summed E-state index contributed by atoms with van der Waals surface area (Å²) >= 11 is 0. The second-order valence-corrected chi connectivity index (χ2v) is 6.74. The van der Waals surface area contributed by atoms with Gasteiger partial charge < -0.3 is 4.42 Å². The molecule has 1 N–H and O–H groups in total. The minimum Gasteiger partial charge on any atom is -0.454 e. The van der Waals surface area contributed by atoms with Crippen LogP contribution in [0, 0.1) is 5.82 Å². The first-order valence-electron chi connectivity index (χ1n) is 9.45. The van der Waals surface area contributed by atoms with Crippen LogP contribution in [-0.2, 0) is 0 Å². The summed E-state index contributed by atoms with van der Waals surface area (Å²) in [5.74, 6) is 0.370. The van der Waals surface area contributed by atoms with Crippen molar-refractivity contribution in [3.63, 3.8) is 0 Å². The van der Waals surface area contributed by atoms with Gasteiger partial charge in [-0.1, -0.05) is 36.4 Å². The highest BCUT2D eigenvalue weighted by molar-refractivity contribution is 5.91. The molecule has 30 heavy (non-hydrogen) atoms. The summed E-state index contributed by atoms with van der Waals surface area (Å²) in [5.41, 5.74) is 6.79. The molecule has 0 atom stereocenters. The van der Waals surface area contributed by atoms with Gasteiger partial charge in [-0.3, -0.25) is 5.43 Å². The fraction of sp³-hybridized carbons (Fsp3) is 0. The van der Waals surface area contributed by atoms with Crippen LogP contribution >= 0.6 is 0 Å². The third kappa shape index (κ3) is 3.58. The van der Waals surface area contributed by atoms with Gasteiger partial charge >= 0.3 is 0 Å². The highest BCUT2D eigenvalue weighted by atomic mass is 19.1. The molecule has 0 aliphatic carbocycles. The Bertz CT molecular complexity index is 1290. The number of hydrazone groups is 1. The van der Waals surface area contributed by atoms with Crippen LogP contribution in [0.1, 0.15) is 5.56 Å². The first-order valence-corrected chi connectivity index (χ1v) is 9.45. The molecule has 0 amide bonds. The van der Waals surface area contributed by atoms with Gasteiger partial charge in [-0.2, -0.15) is 10.2 Å². The zero-order valence-corrected chi connectivity index (χ0v) is 15.9. The van der Waals surface area contributed by atoms with Crippen molar-refractivity contribution < 1.29 is 8.81 Å². The lowest BCUT2D eigenvalue weighted by atomic mass is 10.2. The van der Waals surface area contributed by atoms with Crippen LogP contribution in [0.15, 0.2) is 101 Å². The smallest absolute Gasteiger partial charge is 0.156 e. The number of anilines is 1. The van der Waals surface area contributed by atoms with Gasteiger partial charge in [-0.05, 0) is 48.5 Å². The molecule has 0 saturated heterocycles. The molecular weight excluding hydrogens is 379 g/mol. The molecule has 5 rings (SSSR count). The van der Waals surface area contributed by atoms with E-state index in [1.807, 2.05) is 66.9 Å². The minimum absolute atomic E-state index is 0.291. The topological polar surface area (TPSA) is 55.4 Å². The van der Waals surface area contributed by atoms with E-state index in [0.717, 1.165) is 22.2 Å². The molecule has 3 aromatic carbocycles. The maximum Gasteiger partial charge on any atom is 0.156 e. The molecule has 2 heterocycles. The van der Waals surface area contributed by atoms with Gasteiger partial charge in [-0.25, -0.2) is 9.07 Å². The summed E-state index contributed by atoms with van der Waals surface area (Å²) in [7, 11) is 0. The Balaban J connectivity index is 1.53. The first-order chi connectivity index (χ1) is 14.8. The summed E-state index contributed by atoms with van der Waals surface area (Å²) in [6.07, 6.45) is 3.58. The van der Waals surface area contributed by atoms with Crippen molar-refractivity contribution >= 4 is 22.9 Å². The second-order valence-electron chi connectivity index (χ2n) is 6.74. The highest BCUT2D eigenvalue weighted by Crippen LogP contribution is 2.29. The number of para-hydroxylation sites is 2. The summed E-state index contributed by atoms with van der Waals surface area (Å²) in [5, 5.41) is 10.0. The van der Waals surface area contributed by atoms with E-state index >= 15 is 0 Å². The van der Waals surface area contributed by atoms with Gasteiger partial charge in [0.15, 0.2) is 5.76 Å². The SMILES string of the molecule is Fc1ccc(N/N=C\c2cn(-c3ccccc3)nc2-c2cc3ccccc3o2)cc1. The van der Waals surface area contributed by atoms with Crippen molar-refractivity contribution in [2.75, 3.05) is 5.43 Å². The van der Waals surface area contributed by atoms with E-state index in [2.05, 4.69) is 10.5 Å². The summed E-state index contributed by atoms with van der Waals surface area (Å²) in [6, 6.07) is 25.7. The Labute approximate surface area is 172 Å². The first kappa shape index (κ1) is 17.9. The lowest BCUT2D eigenvalue weighted by Crippen LogP contribution is -1.93. The second kappa shape index (κ2) is 7.67. The largest absolute Gasteiger partial charge is 0.454 e. The van der Waals surface area contributed by atoms with Crippen molar-refractivity contribution in [3.8, 4) is 17.1 Å². The van der Waals surface area contributed by atoms with Crippen LogP contribution in [0.2, 0.25) is 0 Å². The van der Waals surface area contributed by atoms with Gasteiger partial charge in [0.1, 0.15) is 17.1 Å². The Hall–Kier alpha value is -4.19. The van der Waals surface area contributed by atoms with E-state index in [-0.39, 0.29) is 5.82 Å².